The van der Waals surface area contributed by atoms with Gasteiger partial charge >= 0.3 is 0 Å². The minimum atomic E-state index is -0.874. The third-order valence-electron chi connectivity index (χ3n) is 3.79. The van der Waals surface area contributed by atoms with E-state index in [1.807, 2.05) is 19.9 Å². The summed E-state index contributed by atoms with van der Waals surface area (Å²) in [5.74, 6) is -0.186. The summed E-state index contributed by atoms with van der Waals surface area (Å²) in [5, 5.41) is 2.66. The zero-order valence-corrected chi connectivity index (χ0v) is 13.9. The third-order valence-corrected chi connectivity index (χ3v) is 3.79. The highest BCUT2D eigenvalue weighted by atomic mass is 16.2. The van der Waals surface area contributed by atoms with Crippen LogP contribution < -0.4 is 16.0 Å². The average Bonchev–Trinajstić information content (AvgIpc) is 2.61. The van der Waals surface area contributed by atoms with Crippen LogP contribution in [-0.2, 0) is 4.79 Å². The van der Waals surface area contributed by atoms with Crippen LogP contribution in [0.25, 0.3) is 0 Å². The first kappa shape index (κ1) is 17.5. The number of aromatic nitrogens is 1. The maximum Gasteiger partial charge on any atom is 0.253 e. The van der Waals surface area contributed by atoms with Gasteiger partial charge in [0.05, 0.1) is 5.56 Å². The third kappa shape index (κ3) is 4.10. The van der Waals surface area contributed by atoms with Crippen LogP contribution in [0.1, 0.15) is 35.8 Å². The summed E-state index contributed by atoms with van der Waals surface area (Å²) in [6, 6.07) is 11.5. The van der Waals surface area contributed by atoms with Gasteiger partial charge in [-0.1, -0.05) is 30.3 Å². The van der Waals surface area contributed by atoms with Crippen molar-refractivity contribution in [2.75, 3.05) is 18.0 Å². The topological polar surface area (TPSA) is 88.3 Å². The van der Waals surface area contributed by atoms with Crippen LogP contribution in [0.4, 0.5) is 5.82 Å². The van der Waals surface area contributed by atoms with Crippen molar-refractivity contribution < 1.29 is 9.59 Å². The fourth-order valence-corrected chi connectivity index (χ4v) is 2.43. The Morgan fingerprint density at radius 1 is 1.12 bits per heavy atom. The Bertz CT molecular complexity index is 682. The Kier molecular flexibility index (Phi) is 5.89. The van der Waals surface area contributed by atoms with E-state index < -0.39 is 11.9 Å². The van der Waals surface area contributed by atoms with Gasteiger partial charge in [0.15, 0.2) is 0 Å². The van der Waals surface area contributed by atoms with Crippen molar-refractivity contribution in [1.29, 1.82) is 0 Å². The van der Waals surface area contributed by atoms with Gasteiger partial charge in [0, 0.05) is 19.3 Å². The minimum Gasteiger partial charge on any atom is -0.368 e. The molecule has 1 heterocycles. The molecular weight excluding hydrogens is 304 g/mol. The van der Waals surface area contributed by atoms with E-state index in [0.29, 0.717) is 11.1 Å². The number of primary amides is 1. The molecule has 1 aromatic heterocycles. The first-order chi connectivity index (χ1) is 11.6. The van der Waals surface area contributed by atoms with Crippen molar-refractivity contribution in [2.45, 2.75) is 19.9 Å². The first-order valence-electron chi connectivity index (χ1n) is 7.93. The van der Waals surface area contributed by atoms with Crippen LogP contribution in [-0.4, -0.2) is 29.9 Å². The molecule has 0 aliphatic carbocycles. The molecule has 126 valence electrons. The Morgan fingerprint density at radius 2 is 1.79 bits per heavy atom. The summed E-state index contributed by atoms with van der Waals surface area (Å²) < 4.78 is 0. The van der Waals surface area contributed by atoms with Gasteiger partial charge in [-0.15, -0.1) is 0 Å². The summed E-state index contributed by atoms with van der Waals surface area (Å²) in [4.78, 5) is 30.5. The van der Waals surface area contributed by atoms with Gasteiger partial charge in [-0.05, 0) is 31.5 Å². The van der Waals surface area contributed by atoms with Gasteiger partial charge in [-0.3, -0.25) is 9.59 Å². The van der Waals surface area contributed by atoms with Crippen LogP contribution in [0, 0.1) is 0 Å². The molecule has 0 unspecified atom stereocenters. The fourth-order valence-electron chi connectivity index (χ4n) is 2.43. The Hall–Kier alpha value is -2.89. The average molecular weight is 326 g/mol. The molecule has 0 fully saturated rings. The molecular formula is C18H22N4O2. The number of nitrogens with zero attached hydrogens (tertiary/aromatic N) is 2. The van der Waals surface area contributed by atoms with Crippen molar-refractivity contribution in [3.63, 3.8) is 0 Å². The molecule has 3 N–H and O–H groups in total. The second kappa shape index (κ2) is 8.10. The van der Waals surface area contributed by atoms with E-state index in [9.17, 15) is 9.59 Å². The first-order valence-corrected chi connectivity index (χ1v) is 7.93. The number of nitrogens with one attached hydrogen (secondary N) is 1. The molecule has 0 aliphatic rings. The second-order valence-corrected chi connectivity index (χ2v) is 5.30. The molecule has 0 bridgehead atoms. The standard InChI is InChI=1S/C18H22N4O2/c1-3-22(4-2)15-11-10-14(12-20-15)18(24)21-16(17(19)23)13-8-6-5-7-9-13/h5-12,16H,3-4H2,1-2H3,(H2,19,23)(H,21,24)/t16-/m1/s1. The number of carbonyl (C=O) groups is 2. The molecule has 2 rings (SSSR count). The smallest absolute Gasteiger partial charge is 0.253 e. The lowest BCUT2D eigenvalue weighted by Crippen LogP contribution is -2.37. The largest absolute Gasteiger partial charge is 0.368 e. The van der Waals surface area contributed by atoms with E-state index in [-0.39, 0.29) is 5.91 Å². The van der Waals surface area contributed by atoms with Crippen molar-refractivity contribution in [3.05, 3.63) is 59.8 Å². The molecule has 0 aliphatic heterocycles. The summed E-state index contributed by atoms with van der Waals surface area (Å²) in [6.07, 6.45) is 1.51. The molecule has 24 heavy (non-hydrogen) atoms. The molecule has 0 saturated carbocycles. The SMILES string of the molecule is CCN(CC)c1ccc(C(=O)N[C@@H](C(N)=O)c2ccccc2)cn1. The molecule has 0 spiro atoms. The minimum absolute atomic E-state index is 0.382. The molecule has 6 nitrogen and oxygen atoms in total. The predicted octanol–water partition coefficient (Wildman–Crippen LogP) is 1.88. The van der Waals surface area contributed by atoms with Gasteiger partial charge in [0.2, 0.25) is 5.91 Å². The highest BCUT2D eigenvalue weighted by Gasteiger charge is 2.21. The quantitative estimate of drug-likeness (QED) is 0.813. The van der Waals surface area contributed by atoms with Gasteiger partial charge in [-0.2, -0.15) is 0 Å². The predicted molar refractivity (Wildman–Crippen MR) is 93.6 cm³/mol. The molecule has 0 radical (unpaired) electrons. The molecule has 0 saturated heterocycles. The monoisotopic (exact) mass is 326 g/mol. The van der Waals surface area contributed by atoms with Gasteiger partial charge in [-0.25, -0.2) is 4.98 Å². The maximum absolute atomic E-state index is 12.4. The van der Waals surface area contributed by atoms with Crippen LogP contribution in [0.2, 0.25) is 0 Å². The normalized spacial score (nSPS) is 11.6. The van der Waals surface area contributed by atoms with Gasteiger partial charge < -0.3 is 16.0 Å². The number of hydrogen-bond acceptors (Lipinski definition) is 4. The highest BCUT2D eigenvalue weighted by Crippen LogP contribution is 2.14. The zero-order chi connectivity index (χ0) is 17.5. The van der Waals surface area contributed by atoms with Crippen molar-refractivity contribution in [2.24, 2.45) is 5.73 Å². The number of anilines is 1. The van der Waals surface area contributed by atoms with Gasteiger partial charge in [0.25, 0.3) is 5.91 Å². The van der Waals surface area contributed by atoms with Crippen LogP contribution >= 0.6 is 0 Å². The molecule has 2 amide bonds. The Balaban J connectivity index is 2.14. The molecule has 2 aromatic rings. The van der Waals surface area contributed by atoms with Crippen molar-refractivity contribution >= 4 is 17.6 Å². The van der Waals surface area contributed by atoms with E-state index in [0.717, 1.165) is 18.9 Å². The van der Waals surface area contributed by atoms with E-state index in [1.165, 1.54) is 6.20 Å². The summed E-state index contributed by atoms with van der Waals surface area (Å²) in [6.45, 7) is 5.77. The molecule has 6 heteroatoms. The Labute approximate surface area is 141 Å². The van der Waals surface area contributed by atoms with Crippen molar-refractivity contribution in [1.82, 2.24) is 10.3 Å². The Morgan fingerprint density at radius 3 is 2.29 bits per heavy atom. The van der Waals surface area contributed by atoms with Crippen LogP contribution in [0.3, 0.4) is 0 Å². The second-order valence-electron chi connectivity index (χ2n) is 5.30. The summed E-state index contributed by atoms with van der Waals surface area (Å²) in [5.41, 5.74) is 6.45. The lowest BCUT2D eigenvalue weighted by atomic mass is 10.1. The lowest BCUT2D eigenvalue weighted by Gasteiger charge is -2.20. The van der Waals surface area contributed by atoms with E-state index in [4.69, 9.17) is 5.73 Å². The fraction of sp³-hybridized carbons (Fsp3) is 0.278. The van der Waals surface area contributed by atoms with E-state index in [2.05, 4.69) is 15.2 Å². The van der Waals surface area contributed by atoms with Crippen LogP contribution in [0.15, 0.2) is 48.7 Å². The van der Waals surface area contributed by atoms with E-state index >= 15 is 0 Å². The highest BCUT2D eigenvalue weighted by molar-refractivity contribution is 5.97. The number of rotatable bonds is 7. The van der Waals surface area contributed by atoms with Gasteiger partial charge in [0.1, 0.15) is 11.9 Å². The summed E-state index contributed by atoms with van der Waals surface area (Å²) >= 11 is 0. The lowest BCUT2D eigenvalue weighted by molar-refractivity contribution is -0.120. The van der Waals surface area contributed by atoms with E-state index in [1.54, 1.807) is 36.4 Å². The molecule has 1 aromatic carbocycles. The maximum atomic E-state index is 12.4. The number of carbonyl (C=O) groups excluding carboxylic acids is 2. The number of pyridine rings is 1. The number of nitrogens with two attached hydrogens (primary N) is 1. The zero-order valence-electron chi connectivity index (χ0n) is 13.9. The van der Waals surface area contributed by atoms with Crippen LogP contribution in [0.5, 0.6) is 0 Å². The van der Waals surface area contributed by atoms with Crippen molar-refractivity contribution in [3.8, 4) is 0 Å². The number of benzene rings is 1. The molecule has 1 atom stereocenters. The summed E-state index contributed by atoms with van der Waals surface area (Å²) in [7, 11) is 0. The number of hydrogen-bond donors (Lipinski definition) is 2. The number of amides is 2.